The number of rotatable bonds is 4. The van der Waals surface area contributed by atoms with E-state index < -0.39 is 0 Å². The second-order valence-corrected chi connectivity index (χ2v) is 4.71. The van der Waals surface area contributed by atoms with Gasteiger partial charge in [0.2, 0.25) is 5.82 Å². The van der Waals surface area contributed by atoms with Gasteiger partial charge in [-0.3, -0.25) is 10.1 Å². The van der Waals surface area contributed by atoms with Gasteiger partial charge >= 0.3 is 5.69 Å². The molecular formula is C12H18N4O2. The first-order chi connectivity index (χ1) is 8.65. The molecule has 1 aliphatic rings. The second-order valence-electron chi connectivity index (χ2n) is 4.71. The molecule has 1 aromatic heterocycles. The van der Waals surface area contributed by atoms with Crippen molar-refractivity contribution in [2.75, 3.05) is 18.5 Å². The average molecular weight is 250 g/mol. The first kappa shape index (κ1) is 12.8. The molecule has 98 valence electrons. The number of nitro groups is 1. The molecule has 0 spiro atoms. The maximum absolute atomic E-state index is 11.0. The van der Waals surface area contributed by atoms with Crippen LogP contribution >= 0.6 is 0 Å². The third kappa shape index (κ3) is 2.28. The summed E-state index contributed by atoms with van der Waals surface area (Å²) in [4.78, 5) is 16.7. The van der Waals surface area contributed by atoms with Crippen molar-refractivity contribution in [3.05, 3.63) is 28.4 Å². The van der Waals surface area contributed by atoms with Crippen LogP contribution in [-0.2, 0) is 0 Å². The predicted octanol–water partition coefficient (Wildman–Crippen LogP) is 1.55. The third-order valence-corrected chi connectivity index (χ3v) is 3.72. The Morgan fingerprint density at radius 3 is 3.06 bits per heavy atom. The second kappa shape index (κ2) is 5.30. The molecule has 6 nitrogen and oxygen atoms in total. The van der Waals surface area contributed by atoms with Crippen molar-refractivity contribution < 1.29 is 4.92 Å². The summed E-state index contributed by atoms with van der Waals surface area (Å²) in [7, 11) is 1.87. The van der Waals surface area contributed by atoms with Crippen molar-refractivity contribution in [2.24, 2.45) is 11.7 Å². The highest BCUT2D eigenvalue weighted by molar-refractivity contribution is 5.57. The summed E-state index contributed by atoms with van der Waals surface area (Å²) in [5, 5.41) is 11.0. The van der Waals surface area contributed by atoms with Crippen molar-refractivity contribution >= 4 is 11.5 Å². The van der Waals surface area contributed by atoms with E-state index in [1.807, 2.05) is 11.9 Å². The lowest BCUT2D eigenvalue weighted by atomic mass is 10.0. The van der Waals surface area contributed by atoms with Gasteiger partial charge in [-0.1, -0.05) is 6.42 Å². The fourth-order valence-electron chi connectivity index (χ4n) is 2.76. The van der Waals surface area contributed by atoms with Gasteiger partial charge < -0.3 is 10.6 Å². The Labute approximate surface area is 106 Å². The van der Waals surface area contributed by atoms with Gasteiger partial charge in [0.05, 0.1) is 4.92 Å². The first-order valence-corrected chi connectivity index (χ1v) is 6.17. The summed E-state index contributed by atoms with van der Waals surface area (Å²) in [6.07, 6.45) is 4.82. The number of aromatic nitrogens is 1. The highest BCUT2D eigenvalue weighted by Gasteiger charge is 2.32. The maximum atomic E-state index is 11.0. The lowest BCUT2D eigenvalue weighted by Crippen LogP contribution is -2.38. The van der Waals surface area contributed by atoms with Crippen molar-refractivity contribution in [1.82, 2.24) is 4.98 Å². The van der Waals surface area contributed by atoms with E-state index in [9.17, 15) is 10.1 Å². The van der Waals surface area contributed by atoms with Crippen LogP contribution in [0, 0.1) is 16.0 Å². The van der Waals surface area contributed by atoms with Crippen molar-refractivity contribution in [1.29, 1.82) is 0 Å². The minimum Gasteiger partial charge on any atom is -0.351 e. The first-order valence-electron chi connectivity index (χ1n) is 6.17. The van der Waals surface area contributed by atoms with Gasteiger partial charge in [0.25, 0.3) is 0 Å². The van der Waals surface area contributed by atoms with Gasteiger partial charge in [-0.15, -0.1) is 0 Å². The molecule has 1 fully saturated rings. The number of anilines is 1. The summed E-state index contributed by atoms with van der Waals surface area (Å²) in [5.74, 6) is 0.837. The molecule has 0 radical (unpaired) electrons. The zero-order chi connectivity index (χ0) is 13.1. The van der Waals surface area contributed by atoms with E-state index in [0.29, 0.717) is 18.3 Å². The Kier molecular flexibility index (Phi) is 3.76. The molecule has 1 heterocycles. The van der Waals surface area contributed by atoms with Crippen LogP contribution in [0.25, 0.3) is 0 Å². The Hall–Kier alpha value is -1.69. The van der Waals surface area contributed by atoms with Crippen LogP contribution < -0.4 is 10.6 Å². The topological polar surface area (TPSA) is 85.3 Å². The van der Waals surface area contributed by atoms with Crippen LogP contribution in [0.4, 0.5) is 11.5 Å². The molecule has 2 rings (SSSR count). The summed E-state index contributed by atoms with van der Waals surface area (Å²) >= 11 is 0. The number of nitrogens with zero attached hydrogens (tertiary/aromatic N) is 3. The highest BCUT2D eigenvalue weighted by Crippen LogP contribution is 2.34. The van der Waals surface area contributed by atoms with E-state index in [4.69, 9.17) is 5.73 Å². The third-order valence-electron chi connectivity index (χ3n) is 3.72. The molecule has 6 heteroatoms. The van der Waals surface area contributed by atoms with E-state index in [2.05, 4.69) is 4.98 Å². The number of pyridine rings is 1. The minimum atomic E-state index is -0.384. The predicted molar refractivity (Wildman–Crippen MR) is 69.5 cm³/mol. The van der Waals surface area contributed by atoms with Crippen LogP contribution in [0.2, 0.25) is 0 Å². The quantitative estimate of drug-likeness (QED) is 0.647. The molecule has 1 aromatic rings. The molecule has 1 saturated carbocycles. The van der Waals surface area contributed by atoms with Gasteiger partial charge in [0, 0.05) is 25.4 Å². The van der Waals surface area contributed by atoms with Crippen LogP contribution in [0.15, 0.2) is 18.3 Å². The summed E-state index contributed by atoms with van der Waals surface area (Å²) < 4.78 is 0. The SMILES string of the molecule is CN(c1ncccc1[N+](=O)[O-])C1CCCC1CN. The molecule has 1 aliphatic carbocycles. The fourth-order valence-corrected chi connectivity index (χ4v) is 2.76. The standard InChI is InChI=1S/C12H18N4O2/c1-15(10-5-2-4-9(10)8-13)12-11(16(17)18)6-3-7-14-12/h3,6-7,9-10H,2,4-5,8,13H2,1H3. The Morgan fingerprint density at radius 1 is 1.61 bits per heavy atom. The van der Waals surface area contributed by atoms with E-state index in [1.54, 1.807) is 12.3 Å². The normalized spacial score (nSPS) is 23.0. The minimum absolute atomic E-state index is 0.0580. The van der Waals surface area contributed by atoms with Crippen molar-refractivity contribution in [3.8, 4) is 0 Å². The molecule has 2 N–H and O–H groups in total. The van der Waals surface area contributed by atoms with Crippen LogP contribution in [0.1, 0.15) is 19.3 Å². The zero-order valence-corrected chi connectivity index (χ0v) is 10.5. The van der Waals surface area contributed by atoms with E-state index in [0.717, 1.165) is 19.3 Å². The van der Waals surface area contributed by atoms with Crippen molar-refractivity contribution in [2.45, 2.75) is 25.3 Å². The molecule has 2 atom stereocenters. The van der Waals surface area contributed by atoms with Crippen molar-refractivity contribution in [3.63, 3.8) is 0 Å². The van der Waals surface area contributed by atoms with Crippen LogP contribution in [0.3, 0.4) is 0 Å². The molecule has 0 aliphatic heterocycles. The maximum Gasteiger partial charge on any atom is 0.311 e. The summed E-state index contributed by atoms with van der Waals surface area (Å²) in [6, 6.07) is 3.33. The lowest BCUT2D eigenvalue weighted by Gasteiger charge is -2.29. The molecular weight excluding hydrogens is 232 g/mol. The van der Waals surface area contributed by atoms with E-state index >= 15 is 0 Å². The summed E-state index contributed by atoms with van der Waals surface area (Å²) in [5.41, 5.74) is 5.82. The van der Waals surface area contributed by atoms with Crippen LogP contribution in [0.5, 0.6) is 0 Å². The largest absolute Gasteiger partial charge is 0.351 e. The Balaban J connectivity index is 2.28. The number of hydrogen-bond acceptors (Lipinski definition) is 5. The summed E-state index contributed by atoms with van der Waals surface area (Å²) in [6.45, 7) is 0.621. The highest BCUT2D eigenvalue weighted by atomic mass is 16.6. The molecule has 0 saturated heterocycles. The molecule has 0 amide bonds. The number of hydrogen-bond donors (Lipinski definition) is 1. The fraction of sp³-hybridized carbons (Fsp3) is 0.583. The van der Waals surface area contributed by atoms with Gasteiger partial charge in [-0.2, -0.15) is 0 Å². The Bertz CT molecular complexity index is 438. The van der Waals surface area contributed by atoms with E-state index in [-0.39, 0.29) is 16.7 Å². The van der Waals surface area contributed by atoms with Gasteiger partial charge in [0.1, 0.15) is 0 Å². The smallest absolute Gasteiger partial charge is 0.311 e. The molecule has 18 heavy (non-hydrogen) atoms. The lowest BCUT2D eigenvalue weighted by molar-refractivity contribution is -0.384. The average Bonchev–Trinajstić information content (AvgIpc) is 2.86. The van der Waals surface area contributed by atoms with E-state index in [1.165, 1.54) is 6.07 Å². The molecule has 2 unspecified atom stereocenters. The zero-order valence-electron chi connectivity index (χ0n) is 10.5. The Morgan fingerprint density at radius 2 is 2.39 bits per heavy atom. The number of nitrogens with two attached hydrogens (primary N) is 1. The van der Waals surface area contributed by atoms with Gasteiger partial charge in [-0.25, -0.2) is 4.98 Å². The van der Waals surface area contributed by atoms with Gasteiger partial charge in [0.15, 0.2) is 0 Å². The molecule has 0 bridgehead atoms. The monoisotopic (exact) mass is 250 g/mol. The van der Waals surface area contributed by atoms with Crippen LogP contribution in [-0.4, -0.2) is 29.5 Å². The molecule has 0 aromatic carbocycles. The van der Waals surface area contributed by atoms with Gasteiger partial charge in [-0.05, 0) is 31.4 Å².